The Labute approximate surface area is 233 Å². The topological polar surface area (TPSA) is 129 Å². The Hall–Kier alpha value is -3.47. The van der Waals surface area contributed by atoms with Crippen LogP contribution in [0.25, 0.3) is 0 Å². The van der Waals surface area contributed by atoms with Crippen molar-refractivity contribution < 1.29 is 38.8 Å². The van der Waals surface area contributed by atoms with Crippen molar-refractivity contribution >= 4 is 11.8 Å². The lowest BCUT2D eigenvalue weighted by Crippen LogP contribution is -2.56. The highest BCUT2D eigenvalue weighted by molar-refractivity contribution is 5.96. The SMILES string of the molecule is COc1cc(CO)cc2c1O[C@@H]1[C@@H](O)[C@H](N(CCc3cccc(F)c3)C(=O)CC(C)C)C=C(C(=O)NCCO)[C@H]21. The monoisotopic (exact) mass is 556 g/mol. The number of amides is 2. The molecule has 0 radical (unpaired) electrons. The molecule has 40 heavy (non-hydrogen) atoms. The third-order valence-corrected chi connectivity index (χ3v) is 7.29. The molecule has 2 aromatic carbocycles. The average molecular weight is 557 g/mol. The molecule has 0 saturated heterocycles. The van der Waals surface area contributed by atoms with Gasteiger partial charge >= 0.3 is 0 Å². The second-order valence-electron chi connectivity index (χ2n) is 10.6. The molecule has 4 atom stereocenters. The maximum Gasteiger partial charge on any atom is 0.247 e. The maximum absolute atomic E-state index is 13.8. The number of aliphatic hydroxyl groups excluding tert-OH is 3. The van der Waals surface area contributed by atoms with E-state index in [4.69, 9.17) is 9.47 Å². The molecule has 4 N–H and O–H groups in total. The van der Waals surface area contributed by atoms with Crippen LogP contribution in [0.4, 0.5) is 4.39 Å². The summed E-state index contributed by atoms with van der Waals surface area (Å²) >= 11 is 0. The number of hydrogen-bond acceptors (Lipinski definition) is 7. The van der Waals surface area contributed by atoms with Crippen LogP contribution in [-0.4, -0.2) is 77.1 Å². The number of methoxy groups -OCH3 is 1. The predicted molar refractivity (Wildman–Crippen MR) is 145 cm³/mol. The van der Waals surface area contributed by atoms with Crippen LogP contribution in [0, 0.1) is 11.7 Å². The Morgan fingerprint density at radius 2 is 1.95 bits per heavy atom. The summed E-state index contributed by atoms with van der Waals surface area (Å²) in [7, 11) is 1.46. The van der Waals surface area contributed by atoms with Gasteiger partial charge in [0.25, 0.3) is 0 Å². The molecule has 0 spiro atoms. The molecular weight excluding hydrogens is 519 g/mol. The van der Waals surface area contributed by atoms with Crippen LogP contribution >= 0.6 is 0 Å². The number of aliphatic hydroxyl groups is 3. The van der Waals surface area contributed by atoms with Crippen LogP contribution in [0.15, 0.2) is 48.0 Å². The van der Waals surface area contributed by atoms with E-state index in [1.807, 2.05) is 13.8 Å². The molecule has 1 heterocycles. The molecule has 0 aromatic heterocycles. The van der Waals surface area contributed by atoms with E-state index in [0.717, 1.165) is 0 Å². The summed E-state index contributed by atoms with van der Waals surface area (Å²) in [5, 5.41) is 33.5. The number of halogens is 1. The van der Waals surface area contributed by atoms with E-state index in [-0.39, 0.29) is 55.9 Å². The number of carbonyl (C=O) groups excluding carboxylic acids is 2. The van der Waals surface area contributed by atoms with Gasteiger partial charge in [0.15, 0.2) is 11.5 Å². The Balaban J connectivity index is 1.77. The fourth-order valence-electron chi connectivity index (χ4n) is 5.47. The third kappa shape index (κ3) is 6.14. The number of nitrogens with zero attached hydrogens (tertiary/aromatic N) is 1. The van der Waals surface area contributed by atoms with Crippen LogP contribution in [-0.2, 0) is 22.6 Å². The largest absolute Gasteiger partial charge is 0.493 e. The standard InChI is InChI=1S/C30H37FN2O7/c1-17(2)11-25(36)33(9-7-18-5-4-6-20(31)12-18)23-15-22(30(38)32-8-10-34)26-21-13-19(16-35)14-24(39-3)28(21)40-29(26)27(23)37/h4-6,12-15,17,23,26-27,29,34-35,37H,7-11,16H2,1-3H3,(H,32,38)/t23-,26+,27+,29+/m1/s1. The van der Waals surface area contributed by atoms with Crippen molar-refractivity contribution in [1.82, 2.24) is 10.2 Å². The smallest absolute Gasteiger partial charge is 0.247 e. The minimum atomic E-state index is -1.21. The Morgan fingerprint density at radius 1 is 1.18 bits per heavy atom. The van der Waals surface area contributed by atoms with Gasteiger partial charge < -0.3 is 35.0 Å². The second-order valence-corrected chi connectivity index (χ2v) is 10.6. The molecule has 10 heteroatoms. The van der Waals surface area contributed by atoms with Crippen molar-refractivity contribution in [3.05, 3.63) is 70.6 Å². The lowest BCUT2D eigenvalue weighted by molar-refractivity contribution is -0.137. The Bertz CT molecular complexity index is 1260. The first-order chi connectivity index (χ1) is 19.2. The number of rotatable bonds is 11. The van der Waals surface area contributed by atoms with Gasteiger partial charge in [0.1, 0.15) is 18.0 Å². The molecule has 2 amide bonds. The van der Waals surface area contributed by atoms with E-state index in [0.29, 0.717) is 34.6 Å². The van der Waals surface area contributed by atoms with Crippen molar-refractivity contribution in [1.29, 1.82) is 0 Å². The quantitative estimate of drug-likeness (QED) is 0.334. The zero-order valence-corrected chi connectivity index (χ0v) is 23.0. The lowest BCUT2D eigenvalue weighted by atomic mass is 9.77. The van der Waals surface area contributed by atoms with Gasteiger partial charge in [-0.3, -0.25) is 9.59 Å². The molecule has 2 aliphatic rings. The van der Waals surface area contributed by atoms with Crippen LogP contribution < -0.4 is 14.8 Å². The van der Waals surface area contributed by atoms with Crippen molar-refractivity contribution in [3.8, 4) is 11.5 Å². The van der Waals surface area contributed by atoms with Gasteiger partial charge in [-0.2, -0.15) is 0 Å². The summed E-state index contributed by atoms with van der Waals surface area (Å²) in [6.07, 6.45) is 0.0191. The first-order valence-electron chi connectivity index (χ1n) is 13.5. The Morgan fingerprint density at radius 3 is 2.60 bits per heavy atom. The number of ether oxygens (including phenoxy) is 2. The van der Waals surface area contributed by atoms with E-state index < -0.39 is 30.1 Å². The zero-order valence-electron chi connectivity index (χ0n) is 23.0. The van der Waals surface area contributed by atoms with Crippen molar-refractivity contribution in [2.45, 2.75) is 57.5 Å². The number of carbonyl (C=O) groups is 2. The highest BCUT2D eigenvalue weighted by atomic mass is 19.1. The fraction of sp³-hybridized carbons (Fsp3) is 0.467. The molecule has 0 unspecified atom stereocenters. The highest BCUT2D eigenvalue weighted by Gasteiger charge is 2.51. The summed E-state index contributed by atoms with van der Waals surface area (Å²) in [5.41, 5.74) is 2.10. The first-order valence-corrected chi connectivity index (χ1v) is 13.5. The molecule has 0 fully saturated rings. The second kappa shape index (κ2) is 12.8. The summed E-state index contributed by atoms with van der Waals surface area (Å²) < 4.78 is 25.6. The fourth-order valence-corrected chi connectivity index (χ4v) is 5.47. The molecule has 2 aromatic rings. The van der Waals surface area contributed by atoms with Gasteiger partial charge in [-0.05, 0) is 53.8 Å². The number of nitrogens with one attached hydrogen (secondary N) is 1. The van der Waals surface area contributed by atoms with E-state index in [1.165, 1.54) is 24.1 Å². The minimum Gasteiger partial charge on any atom is -0.493 e. The van der Waals surface area contributed by atoms with Crippen molar-refractivity contribution in [3.63, 3.8) is 0 Å². The molecule has 1 aliphatic heterocycles. The number of benzene rings is 2. The summed E-state index contributed by atoms with van der Waals surface area (Å²) in [5.74, 6) is -1.01. The molecule has 9 nitrogen and oxygen atoms in total. The zero-order chi connectivity index (χ0) is 29.0. The Kier molecular flexibility index (Phi) is 9.44. The van der Waals surface area contributed by atoms with E-state index in [9.17, 15) is 29.3 Å². The van der Waals surface area contributed by atoms with Crippen LogP contribution in [0.2, 0.25) is 0 Å². The van der Waals surface area contributed by atoms with Crippen LogP contribution in [0.1, 0.15) is 42.9 Å². The van der Waals surface area contributed by atoms with E-state index >= 15 is 0 Å². The molecule has 0 bridgehead atoms. The van der Waals surface area contributed by atoms with Crippen molar-refractivity contribution in [2.24, 2.45) is 5.92 Å². The number of hydrogen-bond donors (Lipinski definition) is 4. The van der Waals surface area contributed by atoms with Gasteiger partial charge in [0.05, 0.1) is 32.3 Å². The van der Waals surface area contributed by atoms with Gasteiger partial charge in [-0.15, -0.1) is 0 Å². The van der Waals surface area contributed by atoms with Crippen LogP contribution in [0.3, 0.4) is 0 Å². The average Bonchev–Trinajstić information content (AvgIpc) is 3.32. The van der Waals surface area contributed by atoms with Gasteiger partial charge in [-0.1, -0.05) is 26.0 Å². The molecule has 4 rings (SSSR count). The van der Waals surface area contributed by atoms with Crippen molar-refractivity contribution in [2.75, 3.05) is 26.8 Å². The highest BCUT2D eigenvalue weighted by Crippen LogP contribution is 2.51. The lowest BCUT2D eigenvalue weighted by Gasteiger charge is -2.41. The van der Waals surface area contributed by atoms with E-state index in [1.54, 1.807) is 30.3 Å². The molecule has 0 saturated carbocycles. The minimum absolute atomic E-state index is 0.0179. The molecular formula is C30H37FN2O7. The number of fused-ring (bicyclic) bond motifs is 3. The first kappa shape index (κ1) is 29.5. The molecule has 1 aliphatic carbocycles. The predicted octanol–water partition coefficient (Wildman–Crippen LogP) is 2.07. The molecule has 216 valence electrons. The van der Waals surface area contributed by atoms with Crippen LogP contribution in [0.5, 0.6) is 11.5 Å². The van der Waals surface area contributed by atoms with Gasteiger partial charge in [0, 0.05) is 30.6 Å². The van der Waals surface area contributed by atoms with Gasteiger partial charge in [0.2, 0.25) is 11.8 Å². The third-order valence-electron chi connectivity index (χ3n) is 7.29. The summed E-state index contributed by atoms with van der Waals surface area (Å²) in [6.45, 7) is 3.51. The van der Waals surface area contributed by atoms with E-state index in [2.05, 4.69) is 5.32 Å². The summed E-state index contributed by atoms with van der Waals surface area (Å²) in [4.78, 5) is 28.5. The normalized spacial score (nSPS) is 21.2. The summed E-state index contributed by atoms with van der Waals surface area (Å²) in [6, 6.07) is 8.57. The van der Waals surface area contributed by atoms with Gasteiger partial charge in [-0.25, -0.2) is 4.39 Å². The maximum atomic E-state index is 13.8.